The lowest BCUT2D eigenvalue weighted by Crippen LogP contribution is -2.10. The van der Waals surface area contributed by atoms with Crippen molar-refractivity contribution in [1.82, 2.24) is 4.57 Å². The van der Waals surface area contributed by atoms with E-state index in [0.29, 0.717) is 0 Å². The van der Waals surface area contributed by atoms with Crippen LogP contribution in [0.15, 0.2) is 243 Å². The van der Waals surface area contributed by atoms with Gasteiger partial charge in [0.25, 0.3) is 0 Å². The van der Waals surface area contributed by atoms with E-state index in [0.717, 1.165) is 33.9 Å². The Kier molecular flexibility index (Phi) is 8.87. The van der Waals surface area contributed by atoms with Gasteiger partial charge in [-0.1, -0.05) is 176 Å². The van der Waals surface area contributed by atoms with Crippen LogP contribution in [0.4, 0.5) is 17.1 Å². The summed E-state index contributed by atoms with van der Waals surface area (Å²) >= 11 is 0. The lowest BCUT2D eigenvalue weighted by molar-refractivity contribution is 1.18. The molecule has 0 aliphatic heterocycles. The van der Waals surface area contributed by atoms with Gasteiger partial charge in [-0.05, 0) is 122 Å². The Labute approximate surface area is 350 Å². The third kappa shape index (κ3) is 6.41. The fourth-order valence-electron chi connectivity index (χ4n) is 8.86. The lowest BCUT2D eigenvalue weighted by Gasteiger charge is -2.26. The molecule has 1 aromatic heterocycles. The first-order chi connectivity index (χ1) is 29.7. The molecule has 0 atom stereocenters. The molecule has 0 amide bonds. The van der Waals surface area contributed by atoms with Crippen molar-refractivity contribution in [3.05, 3.63) is 243 Å². The first-order valence-corrected chi connectivity index (χ1v) is 20.6. The van der Waals surface area contributed by atoms with Crippen molar-refractivity contribution in [1.29, 1.82) is 0 Å². The Morgan fingerprint density at radius 3 is 1.43 bits per heavy atom. The molecule has 2 nitrogen and oxygen atoms in total. The first-order valence-electron chi connectivity index (χ1n) is 20.6. The Bertz CT molecular complexity index is 3290. The average molecular weight is 765 g/mol. The maximum Gasteiger partial charge on any atom is 0.0547 e. The van der Waals surface area contributed by atoms with Crippen LogP contribution in [0.5, 0.6) is 0 Å². The van der Waals surface area contributed by atoms with Crippen LogP contribution in [-0.4, -0.2) is 4.57 Å². The Morgan fingerprint density at radius 2 is 0.750 bits per heavy atom. The molecule has 0 fully saturated rings. The monoisotopic (exact) mass is 764 g/mol. The van der Waals surface area contributed by atoms with Gasteiger partial charge in [-0.25, -0.2) is 0 Å². The second-order valence-electron chi connectivity index (χ2n) is 15.4. The van der Waals surface area contributed by atoms with Crippen LogP contribution < -0.4 is 4.90 Å². The van der Waals surface area contributed by atoms with Gasteiger partial charge in [0.1, 0.15) is 0 Å². The van der Waals surface area contributed by atoms with Crippen molar-refractivity contribution in [2.45, 2.75) is 0 Å². The predicted octanol–water partition coefficient (Wildman–Crippen LogP) is 16.1. The molecule has 1 heterocycles. The second kappa shape index (κ2) is 15.1. The molecule has 0 spiro atoms. The molecule has 11 rings (SSSR count). The maximum absolute atomic E-state index is 2.42. The second-order valence-corrected chi connectivity index (χ2v) is 15.4. The molecule has 2 heteroatoms. The Morgan fingerprint density at radius 1 is 0.267 bits per heavy atom. The predicted molar refractivity (Wildman–Crippen MR) is 255 cm³/mol. The third-order valence-corrected chi connectivity index (χ3v) is 11.8. The highest BCUT2D eigenvalue weighted by Crippen LogP contribution is 2.41. The summed E-state index contributed by atoms with van der Waals surface area (Å²) in [5, 5.41) is 5.09. The van der Waals surface area contributed by atoms with Gasteiger partial charge >= 0.3 is 0 Å². The van der Waals surface area contributed by atoms with Crippen molar-refractivity contribution in [2.24, 2.45) is 0 Å². The number of anilines is 3. The number of hydrogen-bond acceptors (Lipinski definition) is 1. The van der Waals surface area contributed by atoms with Crippen molar-refractivity contribution < 1.29 is 0 Å². The van der Waals surface area contributed by atoms with E-state index >= 15 is 0 Å². The SMILES string of the molecule is c1ccc(-c2ccc(N(c3ccc(-c4cccc(-c5ccccc5)c4)cc3)c3cccc(-c4cccc(-n5c6ccccc6c6c7ccccc7ccc65)c4)c3)cc2)cc1. The van der Waals surface area contributed by atoms with Gasteiger partial charge in [-0.2, -0.15) is 0 Å². The molecular weight excluding hydrogens is 725 g/mol. The minimum atomic E-state index is 1.09. The summed E-state index contributed by atoms with van der Waals surface area (Å²) in [4.78, 5) is 2.37. The molecule has 0 aliphatic rings. The quantitative estimate of drug-likeness (QED) is 0.150. The topological polar surface area (TPSA) is 8.17 Å². The van der Waals surface area contributed by atoms with E-state index in [4.69, 9.17) is 0 Å². The Hall–Kier alpha value is -7.94. The van der Waals surface area contributed by atoms with Crippen molar-refractivity contribution in [3.63, 3.8) is 0 Å². The summed E-state index contributed by atoms with van der Waals surface area (Å²) in [6.07, 6.45) is 0. The van der Waals surface area contributed by atoms with Crippen LogP contribution in [0.1, 0.15) is 0 Å². The molecule has 11 aromatic rings. The molecule has 0 saturated heterocycles. The Balaban J connectivity index is 0.998. The van der Waals surface area contributed by atoms with E-state index in [1.54, 1.807) is 0 Å². The zero-order chi connectivity index (χ0) is 39.8. The van der Waals surface area contributed by atoms with Crippen molar-refractivity contribution >= 4 is 49.6 Å². The van der Waals surface area contributed by atoms with E-state index in [2.05, 4.69) is 252 Å². The number of nitrogens with zero attached hydrogens (tertiary/aromatic N) is 2. The summed E-state index contributed by atoms with van der Waals surface area (Å²) in [6.45, 7) is 0. The minimum absolute atomic E-state index is 1.09. The van der Waals surface area contributed by atoms with Gasteiger partial charge in [0, 0.05) is 33.5 Å². The van der Waals surface area contributed by atoms with Gasteiger partial charge in [0.15, 0.2) is 0 Å². The van der Waals surface area contributed by atoms with E-state index in [1.165, 1.54) is 66.0 Å². The van der Waals surface area contributed by atoms with Crippen LogP contribution in [0.25, 0.3) is 82.8 Å². The number of para-hydroxylation sites is 1. The molecule has 0 bridgehead atoms. The standard InChI is InChI=1S/C58H40N2/c1-3-14-41(15-4-1)43-28-33-50(34-29-43)59(51-35-30-44(31-36-51)47-20-11-19-46(38-47)42-16-5-2-6-17-42)52-23-12-21-48(39-52)49-22-13-24-53(40-49)60-56-27-10-9-26-55(56)58-54-25-8-7-18-45(54)32-37-57(58)60/h1-40H. The van der Waals surface area contributed by atoms with Gasteiger partial charge in [0.05, 0.1) is 11.0 Å². The molecule has 282 valence electrons. The normalized spacial score (nSPS) is 11.3. The van der Waals surface area contributed by atoms with E-state index in [-0.39, 0.29) is 0 Å². The van der Waals surface area contributed by atoms with Crippen LogP contribution in [0, 0.1) is 0 Å². The summed E-state index contributed by atoms with van der Waals surface area (Å²) in [5.74, 6) is 0. The molecular formula is C58H40N2. The number of fused-ring (bicyclic) bond motifs is 5. The van der Waals surface area contributed by atoms with Crippen molar-refractivity contribution in [3.8, 4) is 50.2 Å². The molecule has 60 heavy (non-hydrogen) atoms. The van der Waals surface area contributed by atoms with E-state index in [9.17, 15) is 0 Å². The van der Waals surface area contributed by atoms with Crippen LogP contribution in [0.3, 0.4) is 0 Å². The van der Waals surface area contributed by atoms with Crippen LogP contribution >= 0.6 is 0 Å². The lowest BCUT2D eigenvalue weighted by atomic mass is 9.98. The van der Waals surface area contributed by atoms with Gasteiger partial charge in [-0.15, -0.1) is 0 Å². The highest BCUT2D eigenvalue weighted by atomic mass is 15.1. The van der Waals surface area contributed by atoms with Gasteiger partial charge in [-0.3, -0.25) is 0 Å². The van der Waals surface area contributed by atoms with Crippen LogP contribution in [-0.2, 0) is 0 Å². The van der Waals surface area contributed by atoms with Gasteiger partial charge in [0.2, 0.25) is 0 Å². The number of aromatic nitrogens is 1. The summed E-state index contributed by atoms with van der Waals surface area (Å²) < 4.78 is 2.42. The fraction of sp³-hybridized carbons (Fsp3) is 0. The summed E-state index contributed by atoms with van der Waals surface area (Å²) in [7, 11) is 0. The first kappa shape index (κ1) is 35.2. The maximum atomic E-state index is 2.42. The molecule has 0 aliphatic carbocycles. The summed E-state index contributed by atoms with van der Waals surface area (Å²) in [6, 6.07) is 87.8. The molecule has 0 unspecified atom stereocenters. The zero-order valence-corrected chi connectivity index (χ0v) is 33.0. The minimum Gasteiger partial charge on any atom is -0.310 e. The van der Waals surface area contributed by atoms with Gasteiger partial charge < -0.3 is 9.47 Å². The number of rotatable bonds is 8. The smallest absolute Gasteiger partial charge is 0.0547 e. The zero-order valence-electron chi connectivity index (χ0n) is 33.0. The summed E-state index contributed by atoms with van der Waals surface area (Å²) in [5.41, 5.74) is 16.3. The highest BCUT2D eigenvalue weighted by Gasteiger charge is 2.17. The largest absolute Gasteiger partial charge is 0.310 e. The number of benzene rings is 10. The molecule has 0 N–H and O–H groups in total. The highest BCUT2D eigenvalue weighted by molar-refractivity contribution is 6.21. The molecule has 0 saturated carbocycles. The fourth-order valence-corrected chi connectivity index (χ4v) is 8.86. The average Bonchev–Trinajstić information content (AvgIpc) is 3.68. The molecule has 10 aromatic carbocycles. The van der Waals surface area contributed by atoms with Crippen molar-refractivity contribution in [2.75, 3.05) is 4.90 Å². The van der Waals surface area contributed by atoms with Crippen LogP contribution in [0.2, 0.25) is 0 Å². The van der Waals surface area contributed by atoms with E-state index in [1.807, 2.05) is 0 Å². The van der Waals surface area contributed by atoms with E-state index < -0.39 is 0 Å². The molecule has 0 radical (unpaired) electrons. The number of hydrogen-bond donors (Lipinski definition) is 0. The third-order valence-electron chi connectivity index (χ3n) is 11.8.